The van der Waals surface area contributed by atoms with Gasteiger partial charge in [-0.3, -0.25) is 19.3 Å². The van der Waals surface area contributed by atoms with Crippen LogP contribution in [0.15, 0.2) is 41.8 Å². The Bertz CT molecular complexity index is 814. The van der Waals surface area contributed by atoms with Crippen LogP contribution in [0.25, 0.3) is 0 Å². The first-order chi connectivity index (χ1) is 13.0. The van der Waals surface area contributed by atoms with E-state index < -0.39 is 0 Å². The molecule has 0 saturated carbocycles. The Morgan fingerprint density at radius 3 is 2.48 bits per heavy atom. The molecule has 0 unspecified atom stereocenters. The number of amides is 3. The zero-order valence-electron chi connectivity index (χ0n) is 14.8. The fourth-order valence-electron chi connectivity index (χ4n) is 3.10. The number of benzene rings is 1. The van der Waals surface area contributed by atoms with E-state index in [1.54, 1.807) is 30.3 Å². The SMILES string of the molecule is NC(=O)CN1CCC(NC(=O)c2ccccc2NC(=O)c2cccs2)CC1. The van der Waals surface area contributed by atoms with Crippen molar-refractivity contribution in [3.63, 3.8) is 0 Å². The van der Waals surface area contributed by atoms with Crippen LogP contribution >= 0.6 is 11.3 Å². The smallest absolute Gasteiger partial charge is 0.265 e. The topological polar surface area (TPSA) is 105 Å². The highest BCUT2D eigenvalue weighted by Crippen LogP contribution is 2.19. The predicted molar refractivity (Wildman–Crippen MR) is 105 cm³/mol. The minimum atomic E-state index is -0.340. The van der Waals surface area contributed by atoms with Crippen LogP contribution in [-0.2, 0) is 4.79 Å². The number of carbonyl (C=O) groups is 3. The fraction of sp³-hybridized carbons (Fsp3) is 0.316. The van der Waals surface area contributed by atoms with E-state index >= 15 is 0 Å². The number of thiophene rings is 1. The van der Waals surface area contributed by atoms with Gasteiger partial charge in [-0.15, -0.1) is 11.3 Å². The van der Waals surface area contributed by atoms with Crippen molar-refractivity contribution in [3.05, 3.63) is 52.2 Å². The van der Waals surface area contributed by atoms with Crippen LogP contribution in [0.3, 0.4) is 0 Å². The van der Waals surface area contributed by atoms with Crippen molar-refractivity contribution in [2.75, 3.05) is 25.0 Å². The highest BCUT2D eigenvalue weighted by molar-refractivity contribution is 7.12. The number of piperidine rings is 1. The molecule has 1 fully saturated rings. The lowest BCUT2D eigenvalue weighted by Crippen LogP contribution is -2.46. The van der Waals surface area contributed by atoms with Crippen LogP contribution in [0.4, 0.5) is 5.69 Å². The highest BCUT2D eigenvalue weighted by atomic mass is 32.1. The van der Waals surface area contributed by atoms with Gasteiger partial charge in [0.05, 0.1) is 22.7 Å². The molecule has 4 N–H and O–H groups in total. The number of primary amides is 1. The maximum atomic E-state index is 12.7. The number of nitrogens with zero attached hydrogens (tertiary/aromatic N) is 1. The van der Waals surface area contributed by atoms with E-state index in [9.17, 15) is 14.4 Å². The molecule has 3 amide bonds. The largest absolute Gasteiger partial charge is 0.369 e. The minimum Gasteiger partial charge on any atom is -0.369 e. The number of hydrogen-bond donors (Lipinski definition) is 3. The summed E-state index contributed by atoms with van der Waals surface area (Å²) in [6.07, 6.45) is 1.51. The molecule has 0 spiro atoms. The van der Waals surface area contributed by atoms with Crippen molar-refractivity contribution in [3.8, 4) is 0 Å². The third kappa shape index (κ3) is 5.15. The molecular weight excluding hydrogens is 364 g/mol. The van der Waals surface area contributed by atoms with E-state index in [1.165, 1.54) is 11.3 Å². The molecule has 8 heteroatoms. The van der Waals surface area contributed by atoms with Gasteiger partial charge in [-0.05, 0) is 36.4 Å². The fourth-order valence-corrected chi connectivity index (χ4v) is 3.72. The lowest BCUT2D eigenvalue weighted by molar-refractivity contribution is -0.119. The predicted octanol–water partition coefficient (Wildman–Crippen LogP) is 1.68. The average molecular weight is 386 g/mol. The van der Waals surface area contributed by atoms with Crippen molar-refractivity contribution in [1.29, 1.82) is 0 Å². The second kappa shape index (κ2) is 8.79. The quantitative estimate of drug-likeness (QED) is 0.702. The van der Waals surface area contributed by atoms with Crippen LogP contribution < -0.4 is 16.4 Å². The molecule has 7 nitrogen and oxygen atoms in total. The molecule has 0 atom stereocenters. The van der Waals surface area contributed by atoms with Gasteiger partial charge in [-0.25, -0.2) is 0 Å². The number of likely N-dealkylation sites (tertiary alicyclic amines) is 1. The molecular formula is C19H22N4O3S. The van der Waals surface area contributed by atoms with Gasteiger partial charge in [0.25, 0.3) is 11.8 Å². The molecule has 0 aliphatic carbocycles. The number of anilines is 1. The van der Waals surface area contributed by atoms with Crippen molar-refractivity contribution < 1.29 is 14.4 Å². The standard InChI is InChI=1S/C19H22N4O3S/c20-17(24)12-23-9-7-13(8-10-23)21-18(25)14-4-1-2-5-15(14)22-19(26)16-6-3-11-27-16/h1-6,11,13H,7-10,12H2,(H2,20,24)(H,21,25)(H,22,26). The first kappa shape index (κ1) is 19.1. The highest BCUT2D eigenvalue weighted by Gasteiger charge is 2.23. The Labute approximate surface area is 161 Å². The van der Waals surface area contributed by atoms with Crippen LogP contribution in [0.5, 0.6) is 0 Å². The van der Waals surface area contributed by atoms with Gasteiger partial charge < -0.3 is 16.4 Å². The number of nitrogens with one attached hydrogen (secondary N) is 2. The molecule has 27 heavy (non-hydrogen) atoms. The molecule has 1 aromatic heterocycles. The van der Waals surface area contributed by atoms with Crippen LogP contribution in [0.1, 0.15) is 32.9 Å². The van der Waals surface area contributed by atoms with E-state index in [0.29, 0.717) is 29.2 Å². The minimum absolute atomic E-state index is 0.0303. The molecule has 1 aromatic carbocycles. The molecule has 2 heterocycles. The normalized spacial score (nSPS) is 15.3. The second-order valence-corrected chi connectivity index (χ2v) is 7.41. The first-order valence-corrected chi connectivity index (χ1v) is 9.66. The lowest BCUT2D eigenvalue weighted by atomic mass is 10.0. The number of rotatable bonds is 6. The third-order valence-corrected chi connectivity index (χ3v) is 5.34. The van der Waals surface area contributed by atoms with E-state index in [1.807, 2.05) is 16.3 Å². The van der Waals surface area contributed by atoms with E-state index in [0.717, 1.165) is 12.8 Å². The Hall–Kier alpha value is -2.71. The number of carbonyl (C=O) groups excluding carboxylic acids is 3. The maximum Gasteiger partial charge on any atom is 0.265 e. The first-order valence-electron chi connectivity index (χ1n) is 8.78. The van der Waals surface area contributed by atoms with E-state index in [4.69, 9.17) is 5.73 Å². The summed E-state index contributed by atoms with van der Waals surface area (Å²) in [4.78, 5) is 38.6. The zero-order valence-corrected chi connectivity index (χ0v) is 15.6. The molecule has 0 radical (unpaired) electrons. The molecule has 1 aliphatic rings. The summed E-state index contributed by atoms with van der Waals surface area (Å²) in [5.74, 6) is -0.789. The number of hydrogen-bond acceptors (Lipinski definition) is 5. The second-order valence-electron chi connectivity index (χ2n) is 6.47. The third-order valence-electron chi connectivity index (χ3n) is 4.47. The maximum absolute atomic E-state index is 12.7. The van der Waals surface area contributed by atoms with Gasteiger partial charge in [0.15, 0.2) is 0 Å². The molecule has 3 rings (SSSR count). The monoisotopic (exact) mass is 386 g/mol. The Morgan fingerprint density at radius 1 is 1.07 bits per heavy atom. The average Bonchev–Trinajstić information content (AvgIpc) is 3.18. The van der Waals surface area contributed by atoms with E-state index in [-0.39, 0.29) is 30.3 Å². The van der Waals surface area contributed by atoms with Gasteiger partial charge in [0.1, 0.15) is 0 Å². The molecule has 1 aliphatic heterocycles. The van der Waals surface area contributed by atoms with Gasteiger partial charge in [-0.1, -0.05) is 18.2 Å². The summed E-state index contributed by atoms with van der Waals surface area (Å²) < 4.78 is 0. The number of para-hydroxylation sites is 1. The van der Waals surface area contributed by atoms with E-state index in [2.05, 4.69) is 10.6 Å². The van der Waals surface area contributed by atoms with Crippen LogP contribution in [0, 0.1) is 0 Å². The summed E-state index contributed by atoms with van der Waals surface area (Å²) in [5, 5.41) is 7.67. The number of nitrogens with two attached hydrogens (primary N) is 1. The molecule has 0 bridgehead atoms. The molecule has 2 aromatic rings. The Balaban J connectivity index is 1.60. The van der Waals surface area contributed by atoms with Crippen LogP contribution in [0.2, 0.25) is 0 Å². The summed E-state index contributed by atoms with van der Waals surface area (Å²) in [6.45, 7) is 1.67. The zero-order chi connectivity index (χ0) is 19.2. The van der Waals surface area contributed by atoms with Gasteiger partial charge in [0, 0.05) is 19.1 Å². The van der Waals surface area contributed by atoms with Gasteiger partial charge in [0.2, 0.25) is 5.91 Å². The van der Waals surface area contributed by atoms with Crippen LogP contribution in [-0.4, -0.2) is 48.3 Å². The summed E-state index contributed by atoms with van der Waals surface area (Å²) >= 11 is 1.35. The van der Waals surface area contributed by atoms with Crippen molar-refractivity contribution in [1.82, 2.24) is 10.2 Å². The van der Waals surface area contributed by atoms with Gasteiger partial charge >= 0.3 is 0 Å². The molecule has 142 valence electrons. The lowest BCUT2D eigenvalue weighted by Gasteiger charge is -2.31. The molecule has 1 saturated heterocycles. The van der Waals surface area contributed by atoms with Crippen molar-refractivity contribution in [2.24, 2.45) is 5.73 Å². The van der Waals surface area contributed by atoms with Gasteiger partial charge in [-0.2, -0.15) is 0 Å². The summed E-state index contributed by atoms with van der Waals surface area (Å²) in [6, 6.07) is 10.5. The van der Waals surface area contributed by atoms with Crippen molar-refractivity contribution in [2.45, 2.75) is 18.9 Å². The summed E-state index contributed by atoms with van der Waals surface area (Å²) in [5.41, 5.74) is 6.14. The van der Waals surface area contributed by atoms with Crippen molar-refractivity contribution >= 4 is 34.7 Å². The summed E-state index contributed by atoms with van der Waals surface area (Å²) in [7, 11) is 0. The Kier molecular flexibility index (Phi) is 6.20. The Morgan fingerprint density at radius 2 is 1.81 bits per heavy atom.